The number of hydrogen-bond acceptors (Lipinski definition) is 6. The maximum Gasteiger partial charge on any atom is 0.335 e. The zero-order valence-electron chi connectivity index (χ0n) is 12.2. The van der Waals surface area contributed by atoms with Gasteiger partial charge in [0.15, 0.2) is 6.10 Å². The standard InChI is InChI=1S/C15H20O6/c1-7-3-4-15(19)13(7)5-9(21-11(17)10(13)16)8(2)14(15)6-20-12(14)18/h7-10,16,19H,3-6H2,1-2H3/t7-,8-,9-,10+,13+,14-,15-/m1/s1. The first-order valence-electron chi connectivity index (χ1n) is 7.59. The topological polar surface area (TPSA) is 93.1 Å². The summed E-state index contributed by atoms with van der Waals surface area (Å²) in [6.07, 6.45) is -0.336. The number of ether oxygens (including phenoxy) is 2. The Labute approximate surface area is 122 Å². The fourth-order valence-corrected chi connectivity index (χ4v) is 5.60. The van der Waals surface area contributed by atoms with Gasteiger partial charge in [0.05, 0.1) is 5.60 Å². The molecule has 6 heteroatoms. The van der Waals surface area contributed by atoms with Gasteiger partial charge in [-0.25, -0.2) is 4.79 Å². The molecule has 0 aromatic carbocycles. The molecular formula is C15H20O6. The summed E-state index contributed by atoms with van der Waals surface area (Å²) in [4.78, 5) is 24.4. The SMILES string of the molecule is C[C@@H]1CC[C@@]2(O)[C@@]13C[C@@H](OC(=O)[C@@H]3O)[C@@H](C)[C@@]21COC1=O. The molecule has 2 N–H and O–H groups in total. The quantitative estimate of drug-likeness (QED) is 0.611. The highest BCUT2D eigenvalue weighted by molar-refractivity contribution is 5.86. The summed E-state index contributed by atoms with van der Waals surface area (Å²) in [7, 11) is 0. The lowest BCUT2D eigenvalue weighted by Gasteiger charge is -2.66. The predicted molar refractivity (Wildman–Crippen MR) is 68.8 cm³/mol. The first-order valence-corrected chi connectivity index (χ1v) is 7.59. The molecule has 4 aliphatic rings. The van der Waals surface area contributed by atoms with Crippen LogP contribution in [-0.2, 0) is 19.1 Å². The molecule has 2 heterocycles. The average molecular weight is 296 g/mol. The van der Waals surface area contributed by atoms with E-state index in [1.54, 1.807) is 0 Å². The fraction of sp³-hybridized carbons (Fsp3) is 0.867. The molecule has 2 bridgehead atoms. The van der Waals surface area contributed by atoms with Crippen LogP contribution >= 0.6 is 0 Å². The van der Waals surface area contributed by atoms with Crippen molar-refractivity contribution in [3.8, 4) is 0 Å². The molecule has 0 radical (unpaired) electrons. The number of hydrogen-bond donors (Lipinski definition) is 2. The van der Waals surface area contributed by atoms with Gasteiger partial charge in [-0.3, -0.25) is 4.79 Å². The molecule has 0 aromatic heterocycles. The lowest BCUT2D eigenvalue weighted by atomic mass is 9.44. The van der Waals surface area contributed by atoms with Crippen molar-refractivity contribution < 1.29 is 29.3 Å². The van der Waals surface area contributed by atoms with Crippen molar-refractivity contribution in [2.45, 2.75) is 50.9 Å². The second kappa shape index (κ2) is 3.60. The number of esters is 2. The lowest BCUT2D eigenvalue weighted by Crippen LogP contribution is -2.80. The highest BCUT2D eigenvalue weighted by Crippen LogP contribution is 2.71. The van der Waals surface area contributed by atoms with E-state index in [1.165, 1.54) is 0 Å². The van der Waals surface area contributed by atoms with Crippen LogP contribution in [0.15, 0.2) is 0 Å². The van der Waals surface area contributed by atoms with Crippen molar-refractivity contribution in [3.05, 3.63) is 0 Å². The number of aliphatic hydroxyl groups is 2. The Hall–Kier alpha value is -1.14. The van der Waals surface area contributed by atoms with Crippen molar-refractivity contribution in [1.29, 1.82) is 0 Å². The summed E-state index contributed by atoms with van der Waals surface area (Å²) in [6.45, 7) is 3.91. The predicted octanol–water partition coefficient (Wildman–Crippen LogP) is 0.00310. The Balaban J connectivity index is 1.96. The highest BCUT2D eigenvalue weighted by atomic mass is 16.6. The number of fused-ring (bicyclic) bond motifs is 2. The molecule has 116 valence electrons. The fourth-order valence-electron chi connectivity index (χ4n) is 5.60. The van der Waals surface area contributed by atoms with Crippen LogP contribution in [0.2, 0.25) is 0 Å². The van der Waals surface area contributed by atoms with Gasteiger partial charge in [0.1, 0.15) is 18.1 Å². The Morgan fingerprint density at radius 1 is 1.29 bits per heavy atom. The first-order chi connectivity index (χ1) is 9.81. The van der Waals surface area contributed by atoms with Crippen LogP contribution < -0.4 is 0 Å². The molecule has 4 fully saturated rings. The lowest BCUT2D eigenvalue weighted by molar-refractivity contribution is -0.321. The smallest absolute Gasteiger partial charge is 0.335 e. The van der Waals surface area contributed by atoms with Gasteiger partial charge in [0.2, 0.25) is 0 Å². The van der Waals surface area contributed by atoms with Crippen LogP contribution in [-0.4, -0.2) is 46.6 Å². The van der Waals surface area contributed by atoms with Gasteiger partial charge in [-0.05, 0) is 25.2 Å². The number of rotatable bonds is 0. The van der Waals surface area contributed by atoms with Gasteiger partial charge in [-0.2, -0.15) is 0 Å². The molecule has 2 saturated carbocycles. The summed E-state index contributed by atoms with van der Waals surface area (Å²) in [5.41, 5.74) is -3.45. The Kier molecular flexibility index (Phi) is 2.32. The van der Waals surface area contributed by atoms with Gasteiger partial charge in [0.25, 0.3) is 0 Å². The van der Waals surface area contributed by atoms with E-state index >= 15 is 0 Å². The number of cyclic esters (lactones) is 1. The summed E-state index contributed by atoms with van der Waals surface area (Å²) in [6, 6.07) is 0. The normalized spacial score (nSPS) is 58.3. The molecule has 0 amide bonds. The van der Waals surface area contributed by atoms with Crippen molar-refractivity contribution in [2.75, 3.05) is 6.61 Å². The Bertz CT molecular complexity index is 546. The minimum atomic E-state index is -1.40. The molecule has 2 aliphatic carbocycles. The molecule has 21 heavy (non-hydrogen) atoms. The van der Waals surface area contributed by atoms with E-state index in [0.717, 1.165) is 0 Å². The van der Waals surface area contributed by atoms with Crippen molar-refractivity contribution in [2.24, 2.45) is 22.7 Å². The van der Waals surface area contributed by atoms with Crippen LogP contribution in [0.25, 0.3) is 0 Å². The largest absolute Gasteiger partial charge is 0.464 e. The maximum absolute atomic E-state index is 12.3. The minimum absolute atomic E-state index is 0.0503. The van der Waals surface area contributed by atoms with E-state index in [9.17, 15) is 19.8 Å². The molecular weight excluding hydrogens is 276 g/mol. The van der Waals surface area contributed by atoms with Crippen LogP contribution in [0.4, 0.5) is 0 Å². The molecule has 2 saturated heterocycles. The summed E-state index contributed by atoms with van der Waals surface area (Å²) in [5, 5.41) is 22.0. The second-order valence-electron chi connectivity index (χ2n) is 7.26. The Morgan fingerprint density at radius 2 is 2.00 bits per heavy atom. The van der Waals surface area contributed by atoms with E-state index in [1.807, 2.05) is 13.8 Å². The first kappa shape index (κ1) is 13.5. The third-order valence-electron chi connectivity index (χ3n) is 6.97. The number of aliphatic hydroxyl groups excluding tert-OH is 1. The van der Waals surface area contributed by atoms with E-state index in [2.05, 4.69) is 0 Å². The van der Waals surface area contributed by atoms with Crippen molar-refractivity contribution in [1.82, 2.24) is 0 Å². The van der Waals surface area contributed by atoms with Crippen LogP contribution in [0.1, 0.15) is 33.1 Å². The summed E-state index contributed by atoms with van der Waals surface area (Å²) >= 11 is 0. The van der Waals surface area contributed by atoms with Gasteiger partial charge < -0.3 is 19.7 Å². The molecule has 2 spiro atoms. The zero-order valence-corrected chi connectivity index (χ0v) is 12.2. The molecule has 0 unspecified atom stereocenters. The van der Waals surface area contributed by atoms with Crippen molar-refractivity contribution in [3.63, 3.8) is 0 Å². The average Bonchev–Trinajstić information content (AvgIpc) is 2.69. The van der Waals surface area contributed by atoms with Gasteiger partial charge in [-0.15, -0.1) is 0 Å². The van der Waals surface area contributed by atoms with Crippen molar-refractivity contribution >= 4 is 11.9 Å². The zero-order chi connectivity index (χ0) is 15.2. The second-order valence-corrected chi connectivity index (χ2v) is 7.26. The van der Waals surface area contributed by atoms with Crippen LogP contribution in [0, 0.1) is 22.7 Å². The van der Waals surface area contributed by atoms with E-state index in [0.29, 0.717) is 19.3 Å². The minimum Gasteiger partial charge on any atom is -0.464 e. The number of carbonyl (C=O) groups is 2. The molecule has 6 nitrogen and oxygen atoms in total. The highest BCUT2D eigenvalue weighted by Gasteiger charge is 2.82. The van der Waals surface area contributed by atoms with Gasteiger partial charge in [-0.1, -0.05) is 13.8 Å². The monoisotopic (exact) mass is 296 g/mol. The third kappa shape index (κ3) is 1.10. The van der Waals surface area contributed by atoms with E-state index in [4.69, 9.17) is 9.47 Å². The molecule has 0 aromatic rings. The van der Waals surface area contributed by atoms with Crippen LogP contribution in [0.5, 0.6) is 0 Å². The molecule has 4 rings (SSSR count). The Morgan fingerprint density at radius 3 is 2.57 bits per heavy atom. The molecule has 7 atom stereocenters. The van der Waals surface area contributed by atoms with Gasteiger partial charge in [0, 0.05) is 11.3 Å². The summed E-state index contributed by atoms with van der Waals surface area (Å²) in [5.74, 6) is -1.46. The van der Waals surface area contributed by atoms with E-state index in [-0.39, 0.29) is 18.4 Å². The van der Waals surface area contributed by atoms with E-state index < -0.39 is 40.6 Å². The van der Waals surface area contributed by atoms with Gasteiger partial charge >= 0.3 is 11.9 Å². The maximum atomic E-state index is 12.3. The third-order valence-corrected chi connectivity index (χ3v) is 6.97. The number of carbonyl (C=O) groups excluding carboxylic acids is 2. The summed E-state index contributed by atoms with van der Waals surface area (Å²) < 4.78 is 10.4. The van der Waals surface area contributed by atoms with Crippen LogP contribution in [0.3, 0.4) is 0 Å². The molecule has 2 aliphatic heterocycles.